The summed E-state index contributed by atoms with van der Waals surface area (Å²) in [7, 11) is 0. The lowest BCUT2D eigenvalue weighted by molar-refractivity contribution is 0.0622. The predicted molar refractivity (Wildman–Crippen MR) is 72.2 cm³/mol. The standard InChI is InChI=1S/C14H22N2O/c1-10-4-3-5-13(15)14(10)16-11(2)12-6-8-17-9-7-12/h3-5,11-12,16H,6-9,15H2,1-2H3. The molecule has 17 heavy (non-hydrogen) atoms. The van der Waals surface area contributed by atoms with Crippen molar-refractivity contribution in [2.24, 2.45) is 5.92 Å². The van der Waals surface area contributed by atoms with Crippen LogP contribution in [0.3, 0.4) is 0 Å². The second-order valence-electron chi connectivity index (χ2n) is 4.92. The Morgan fingerprint density at radius 1 is 1.35 bits per heavy atom. The van der Waals surface area contributed by atoms with Gasteiger partial charge in [0, 0.05) is 19.3 Å². The van der Waals surface area contributed by atoms with Crippen molar-refractivity contribution >= 4 is 11.4 Å². The molecule has 1 aromatic carbocycles. The molecule has 1 atom stereocenters. The molecule has 0 saturated carbocycles. The summed E-state index contributed by atoms with van der Waals surface area (Å²) in [5.41, 5.74) is 9.15. The fourth-order valence-corrected chi connectivity index (χ4v) is 2.45. The number of nitrogen functional groups attached to an aromatic ring is 1. The van der Waals surface area contributed by atoms with E-state index in [9.17, 15) is 0 Å². The van der Waals surface area contributed by atoms with Gasteiger partial charge < -0.3 is 15.8 Å². The number of nitrogens with two attached hydrogens (primary N) is 1. The van der Waals surface area contributed by atoms with Crippen LogP contribution in [-0.2, 0) is 4.74 Å². The summed E-state index contributed by atoms with van der Waals surface area (Å²) in [6.07, 6.45) is 2.28. The van der Waals surface area contributed by atoms with E-state index in [0.717, 1.165) is 37.4 Å². The Balaban J connectivity index is 2.04. The van der Waals surface area contributed by atoms with Crippen molar-refractivity contribution < 1.29 is 4.74 Å². The number of aryl methyl sites for hydroxylation is 1. The van der Waals surface area contributed by atoms with Crippen molar-refractivity contribution in [1.29, 1.82) is 0 Å². The first-order valence-electron chi connectivity index (χ1n) is 6.38. The van der Waals surface area contributed by atoms with Gasteiger partial charge in [0.05, 0.1) is 11.4 Å². The molecule has 3 N–H and O–H groups in total. The number of ether oxygens (including phenoxy) is 1. The van der Waals surface area contributed by atoms with Crippen molar-refractivity contribution in [1.82, 2.24) is 0 Å². The Kier molecular flexibility index (Phi) is 3.89. The van der Waals surface area contributed by atoms with Gasteiger partial charge in [0.15, 0.2) is 0 Å². The monoisotopic (exact) mass is 234 g/mol. The first kappa shape index (κ1) is 12.2. The molecule has 1 fully saturated rings. The van der Waals surface area contributed by atoms with Gasteiger partial charge in [-0.25, -0.2) is 0 Å². The van der Waals surface area contributed by atoms with Gasteiger partial charge in [-0.05, 0) is 44.2 Å². The molecule has 1 unspecified atom stereocenters. The number of hydrogen-bond acceptors (Lipinski definition) is 3. The molecule has 0 aromatic heterocycles. The summed E-state index contributed by atoms with van der Waals surface area (Å²) in [5, 5.41) is 3.57. The minimum atomic E-state index is 0.447. The molecule has 2 rings (SSSR count). The molecular weight excluding hydrogens is 212 g/mol. The van der Waals surface area contributed by atoms with Crippen LogP contribution in [0.1, 0.15) is 25.3 Å². The highest BCUT2D eigenvalue weighted by molar-refractivity contribution is 5.70. The van der Waals surface area contributed by atoms with E-state index >= 15 is 0 Å². The number of benzene rings is 1. The molecular formula is C14H22N2O. The molecule has 1 aliphatic heterocycles. The van der Waals surface area contributed by atoms with Crippen molar-refractivity contribution in [2.45, 2.75) is 32.7 Å². The van der Waals surface area contributed by atoms with E-state index in [0.29, 0.717) is 12.0 Å². The maximum atomic E-state index is 6.01. The van der Waals surface area contributed by atoms with Crippen LogP contribution in [0.25, 0.3) is 0 Å². The van der Waals surface area contributed by atoms with Gasteiger partial charge in [-0.1, -0.05) is 12.1 Å². The van der Waals surface area contributed by atoms with Crippen molar-refractivity contribution in [3.8, 4) is 0 Å². The summed E-state index contributed by atoms with van der Waals surface area (Å²) in [4.78, 5) is 0. The Hall–Kier alpha value is -1.22. The number of rotatable bonds is 3. The summed E-state index contributed by atoms with van der Waals surface area (Å²) < 4.78 is 5.40. The number of hydrogen-bond donors (Lipinski definition) is 2. The van der Waals surface area contributed by atoms with Gasteiger partial charge in [0.1, 0.15) is 0 Å². The molecule has 0 aliphatic carbocycles. The average molecular weight is 234 g/mol. The SMILES string of the molecule is Cc1cccc(N)c1NC(C)C1CCOCC1. The molecule has 1 aliphatic rings. The molecule has 1 saturated heterocycles. The second-order valence-corrected chi connectivity index (χ2v) is 4.92. The number of para-hydroxylation sites is 1. The van der Waals surface area contributed by atoms with Gasteiger partial charge in [-0.15, -0.1) is 0 Å². The fraction of sp³-hybridized carbons (Fsp3) is 0.571. The van der Waals surface area contributed by atoms with Gasteiger partial charge >= 0.3 is 0 Å². The predicted octanol–water partition coefficient (Wildman–Crippen LogP) is 2.80. The van der Waals surface area contributed by atoms with E-state index < -0.39 is 0 Å². The van der Waals surface area contributed by atoms with Gasteiger partial charge in [-0.3, -0.25) is 0 Å². The van der Waals surface area contributed by atoms with Crippen molar-refractivity contribution in [3.05, 3.63) is 23.8 Å². The maximum absolute atomic E-state index is 6.01. The van der Waals surface area contributed by atoms with Crippen molar-refractivity contribution in [2.75, 3.05) is 24.3 Å². The lowest BCUT2D eigenvalue weighted by atomic mass is 9.92. The van der Waals surface area contributed by atoms with Crippen LogP contribution in [0.4, 0.5) is 11.4 Å². The first-order chi connectivity index (χ1) is 8.18. The van der Waals surface area contributed by atoms with Crippen LogP contribution in [0, 0.1) is 12.8 Å². The fourth-order valence-electron chi connectivity index (χ4n) is 2.45. The highest BCUT2D eigenvalue weighted by Crippen LogP contribution is 2.27. The Morgan fingerprint density at radius 3 is 2.71 bits per heavy atom. The summed E-state index contributed by atoms with van der Waals surface area (Å²) in [6.45, 7) is 6.11. The lowest BCUT2D eigenvalue weighted by Crippen LogP contribution is -2.31. The van der Waals surface area contributed by atoms with Gasteiger partial charge in [-0.2, -0.15) is 0 Å². The van der Waals surface area contributed by atoms with E-state index in [1.165, 1.54) is 5.56 Å². The van der Waals surface area contributed by atoms with Gasteiger partial charge in [0.25, 0.3) is 0 Å². The van der Waals surface area contributed by atoms with Crippen LogP contribution in [0.2, 0.25) is 0 Å². The highest BCUT2D eigenvalue weighted by Gasteiger charge is 2.21. The zero-order valence-corrected chi connectivity index (χ0v) is 10.7. The minimum absolute atomic E-state index is 0.447. The largest absolute Gasteiger partial charge is 0.397 e. The van der Waals surface area contributed by atoms with E-state index in [1.807, 2.05) is 12.1 Å². The third-order valence-electron chi connectivity index (χ3n) is 3.65. The summed E-state index contributed by atoms with van der Waals surface area (Å²) in [6, 6.07) is 6.48. The normalized spacial score (nSPS) is 18.9. The zero-order valence-electron chi connectivity index (χ0n) is 10.7. The van der Waals surface area contributed by atoms with Crippen LogP contribution >= 0.6 is 0 Å². The topological polar surface area (TPSA) is 47.3 Å². The molecule has 1 aromatic rings. The lowest BCUT2D eigenvalue weighted by Gasteiger charge is -2.30. The molecule has 94 valence electrons. The highest BCUT2D eigenvalue weighted by atomic mass is 16.5. The third-order valence-corrected chi connectivity index (χ3v) is 3.65. The van der Waals surface area contributed by atoms with Crippen LogP contribution in [0.5, 0.6) is 0 Å². The molecule has 0 spiro atoms. The second kappa shape index (κ2) is 5.41. The molecule has 3 nitrogen and oxygen atoms in total. The van der Waals surface area contributed by atoms with E-state index in [-0.39, 0.29) is 0 Å². The van der Waals surface area contributed by atoms with Crippen LogP contribution < -0.4 is 11.1 Å². The van der Waals surface area contributed by atoms with E-state index in [1.54, 1.807) is 0 Å². The van der Waals surface area contributed by atoms with E-state index in [2.05, 4.69) is 25.2 Å². The summed E-state index contributed by atoms with van der Waals surface area (Å²) in [5.74, 6) is 0.683. The molecule has 1 heterocycles. The van der Waals surface area contributed by atoms with Crippen LogP contribution in [-0.4, -0.2) is 19.3 Å². The van der Waals surface area contributed by atoms with Crippen molar-refractivity contribution in [3.63, 3.8) is 0 Å². The molecule has 0 bridgehead atoms. The average Bonchev–Trinajstić information content (AvgIpc) is 2.35. The zero-order chi connectivity index (χ0) is 12.3. The number of nitrogens with one attached hydrogen (secondary N) is 1. The minimum Gasteiger partial charge on any atom is -0.397 e. The molecule has 3 heteroatoms. The van der Waals surface area contributed by atoms with Crippen LogP contribution in [0.15, 0.2) is 18.2 Å². The molecule has 0 radical (unpaired) electrons. The Bertz CT molecular complexity index is 352. The first-order valence-corrected chi connectivity index (χ1v) is 6.38. The van der Waals surface area contributed by atoms with E-state index in [4.69, 9.17) is 10.5 Å². The molecule has 0 amide bonds. The smallest absolute Gasteiger partial charge is 0.0605 e. The quantitative estimate of drug-likeness (QED) is 0.791. The number of anilines is 2. The maximum Gasteiger partial charge on any atom is 0.0605 e. The Morgan fingerprint density at radius 2 is 2.06 bits per heavy atom. The Labute approximate surface area is 103 Å². The van der Waals surface area contributed by atoms with Gasteiger partial charge in [0.2, 0.25) is 0 Å². The summed E-state index contributed by atoms with van der Waals surface area (Å²) >= 11 is 0. The third kappa shape index (κ3) is 2.91.